The summed E-state index contributed by atoms with van der Waals surface area (Å²) >= 11 is 0. The predicted molar refractivity (Wildman–Crippen MR) is 140 cm³/mol. The molecule has 0 N–H and O–H groups in total. The van der Waals surface area contributed by atoms with E-state index in [1.807, 2.05) is 48.7 Å². The Morgan fingerprint density at radius 2 is 1.54 bits per heavy atom. The maximum Gasteiger partial charge on any atom is 0.306 e. The van der Waals surface area contributed by atoms with Gasteiger partial charge in [-0.2, -0.15) is 0 Å². The van der Waals surface area contributed by atoms with Crippen molar-refractivity contribution in [3.63, 3.8) is 0 Å². The smallest absolute Gasteiger partial charge is 0.306 e. The van der Waals surface area contributed by atoms with Gasteiger partial charge in [0, 0.05) is 40.7 Å². The second kappa shape index (κ2) is 10.6. The van der Waals surface area contributed by atoms with Crippen LogP contribution >= 0.6 is 0 Å². The fourth-order valence-corrected chi connectivity index (χ4v) is 4.43. The van der Waals surface area contributed by atoms with Gasteiger partial charge in [-0.15, -0.1) is 0 Å². The number of benzene rings is 2. The van der Waals surface area contributed by atoms with Crippen molar-refractivity contribution in [2.45, 2.75) is 52.9 Å². The average molecular weight is 504 g/mol. The molecule has 7 heteroatoms. The molecule has 0 radical (unpaired) electrons. The SMILES string of the molecule is Cc1cc(C(=O)COC(=O)CCC(=O)c2ccc(C(C)(C)C)cc2)c(C)n1-c1ccc2c(c1)OCCO2. The van der Waals surface area contributed by atoms with Gasteiger partial charge in [0.25, 0.3) is 0 Å². The normalized spacial score (nSPS) is 12.8. The molecule has 0 aliphatic carbocycles. The van der Waals surface area contributed by atoms with Crippen LogP contribution in [0.15, 0.2) is 48.5 Å². The van der Waals surface area contributed by atoms with E-state index in [-0.39, 0.29) is 36.4 Å². The van der Waals surface area contributed by atoms with E-state index >= 15 is 0 Å². The Bertz CT molecular complexity index is 1330. The van der Waals surface area contributed by atoms with E-state index in [1.54, 1.807) is 18.2 Å². The topological polar surface area (TPSA) is 83.8 Å². The quantitative estimate of drug-likeness (QED) is 0.296. The van der Waals surface area contributed by atoms with Gasteiger partial charge < -0.3 is 18.8 Å². The third-order valence-corrected chi connectivity index (χ3v) is 6.51. The van der Waals surface area contributed by atoms with Crippen molar-refractivity contribution in [3.05, 3.63) is 76.6 Å². The highest BCUT2D eigenvalue weighted by Gasteiger charge is 2.21. The minimum Gasteiger partial charge on any atom is -0.486 e. The lowest BCUT2D eigenvalue weighted by Crippen LogP contribution is -2.16. The Morgan fingerprint density at radius 3 is 2.22 bits per heavy atom. The van der Waals surface area contributed by atoms with Crippen molar-refractivity contribution in [2.24, 2.45) is 0 Å². The first-order chi connectivity index (χ1) is 17.5. The molecule has 0 spiro atoms. The van der Waals surface area contributed by atoms with Crippen LogP contribution in [0, 0.1) is 13.8 Å². The lowest BCUT2D eigenvalue weighted by atomic mass is 9.86. The number of fused-ring (bicyclic) bond motifs is 1. The number of aryl methyl sites for hydroxylation is 1. The lowest BCUT2D eigenvalue weighted by Gasteiger charge is -2.20. The van der Waals surface area contributed by atoms with Crippen LogP contribution in [0.1, 0.15) is 71.3 Å². The van der Waals surface area contributed by atoms with Crippen LogP contribution in [0.5, 0.6) is 11.5 Å². The van der Waals surface area contributed by atoms with Gasteiger partial charge in [0.15, 0.2) is 23.9 Å². The molecule has 0 unspecified atom stereocenters. The number of rotatable bonds is 8. The predicted octanol–water partition coefficient (Wildman–Crippen LogP) is 5.55. The Morgan fingerprint density at radius 1 is 0.865 bits per heavy atom. The zero-order chi connectivity index (χ0) is 26.7. The van der Waals surface area contributed by atoms with E-state index in [9.17, 15) is 14.4 Å². The first-order valence-corrected chi connectivity index (χ1v) is 12.5. The average Bonchev–Trinajstić information content (AvgIpc) is 3.18. The monoisotopic (exact) mass is 503 g/mol. The van der Waals surface area contributed by atoms with Crippen LogP contribution in [0.2, 0.25) is 0 Å². The first kappa shape index (κ1) is 26.2. The summed E-state index contributed by atoms with van der Waals surface area (Å²) in [6.07, 6.45) is -0.0517. The van der Waals surface area contributed by atoms with Gasteiger partial charge in [0.1, 0.15) is 13.2 Å². The van der Waals surface area contributed by atoms with Gasteiger partial charge in [-0.1, -0.05) is 45.0 Å². The number of aromatic nitrogens is 1. The maximum absolute atomic E-state index is 12.9. The van der Waals surface area contributed by atoms with Crippen LogP contribution in [0.4, 0.5) is 0 Å². The molecular weight excluding hydrogens is 470 g/mol. The molecule has 7 nitrogen and oxygen atoms in total. The lowest BCUT2D eigenvalue weighted by molar-refractivity contribution is -0.142. The summed E-state index contributed by atoms with van der Waals surface area (Å²) in [4.78, 5) is 37.6. The molecule has 1 aliphatic heterocycles. The summed E-state index contributed by atoms with van der Waals surface area (Å²) in [6.45, 7) is 10.7. The minimum atomic E-state index is -0.575. The van der Waals surface area contributed by atoms with Gasteiger partial charge in [-0.25, -0.2) is 0 Å². The highest BCUT2D eigenvalue weighted by molar-refractivity contribution is 6.00. The third-order valence-electron chi connectivity index (χ3n) is 6.51. The van der Waals surface area contributed by atoms with Gasteiger partial charge in [0.05, 0.1) is 6.42 Å². The van der Waals surface area contributed by atoms with Crippen LogP contribution < -0.4 is 9.47 Å². The molecule has 4 rings (SSSR count). The standard InChI is InChI=1S/C30H33NO6/c1-19-16-24(20(2)31(19)23-10-12-27-28(17-23)36-15-14-35-27)26(33)18-37-29(34)13-11-25(32)21-6-8-22(9-7-21)30(3,4)5/h6-10,12,16-17H,11,13-15,18H2,1-5H3. The fourth-order valence-electron chi connectivity index (χ4n) is 4.43. The highest BCUT2D eigenvalue weighted by atomic mass is 16.6. The van der Waals surface area contributed by atoms with Gasteiger partial charge in [-0.3, -0.25) is 14.4 Å². The first-order valence-electron chi connectivity index (χ1n) is 12.5. The van der Waals surface area contributed by atoms with E-state index in [4.69, 9.17) is 14.2 Å². The molecule has 1 aliphatic rings. The van der Waals surface area contributed by atoms with Crippen LogP contribution in [-0.4, -0.2) is 41.9 Å². The molecule has 0 saturated heterocycles. The fraction of sp³-hybridized carbons (Fsp3) is 0.367. The second-order valence-corrected chi connectivity index (χ2v) is 10.3. The summed E-state index contributed by atoms with van der Waals surface area (Å²) in [5.74, 6) is 0.355. The summed E-state index contributed by atoms with van der Waals surface area (Å²) in [5.41, 5.74) is 4.63. The summed E-state index contributed by atoms with van der Waals surface area (Å²) in [6, 6.07) is 14.9. The van der Waals surface area contributed by atoms with Crippen molar-refractivity contribution >= 4 is 17.5 Å². The summed E-state index contributed by atoms with van der Waals surface area (Å²) in [7, 11) is 0. The number of carbonyl (C=O) groups excluding carboxylic acids is 3. The Labute approximate surface area is 217 Å². The molecule has 3 aromatic rings. The molecule has 1 aromatic heterocycles. The largest absolute Gasteiger partial charge is 0.486 e. The van der Waals surface area contributed by atoms with E-state index in [1.165, 1.54) is 0 Å². The van der Waals surface area contributed by atoms with E-state index in [0.717, 1.165) is 22.6 Å². The number of hydrogen-bond acceptors (Lipinski definition) is 6. The number of nitrogens with zero attached hydrogens (tertiary/aromatic N) is 1. The number of ether oxygens (including phenoxy) is 3. The summed E-state index contributed by atoms with van der Waals surface area (Å²) < 4.78 is 18.4. The van der Waals surface area contributed by atoms with Gasteiger partial charge in [0.2, 0.25) is 5.78 Å². The van der Waals surface area contributed by atoms with E-state index < -0.39 is 5.97 Å². The number of esters is 1. The number of Topliss-reactive ketones (excluding diaryl/α,β-unsaturated/α-hetero) is 2. The van der Waals surface area contributed by atoms with Crippen LogP contribution in [-0.2, 0) is 14.9 Å². The zero-order valence-electron chi connectivity index (χ0n) is 22.1. The minimum absolute atomic E-state index is 0.000295. The molecule has 0 fully saturated rings. The molecular formula is C30H33NO6. The maximum atomic E-state index is 12.9. The molecule has 0 saturated carbocycles. The molecule has 0 bridgehead atoms. The second-order valence-electron chi connectivity index (χ2n) is 10.3. The number of ketones is 2. The van der Waals surface area contributed by atoms with Crippen molar-refractivity contribution < 1.29 is 28.6 Å². The molecule has 2 heterocycles. The molecule has 194 valence electrons. The Balaban J connectivity index is 1.34. The Hall–Kier alpha value is -3.87. The van der Waals surface area contributed by atoms with E-state index in [0.29, 0.717) is 35.8 Å². The number of carbonyl (C=O) groups is 3. The van der Waals surface area contributed by atoms with Crippen molar-refractivity contribution in [1.29, 1.82) is 0 Å². The summed E-state index contributed by atoms with van der Waals surface area (Å²) in [5, 5.41) is 0. The van der Waals surface area contributed by atoms with Crippen LogP contribution in [0.3, 0.4) is 0 Å². The van der Waals surface area contributed by atoms with Gasteiger partial charge >= 0.3 is 5.97 Å². The third kappa shape index (κ3) is 5.93. The van der Waals surface area contributed by atoms with Crippen molar-refractivity contribution in [3.8, 4) is 17.2 Å². The molecule has 0 amide bonds. The van der Waals surface area contributed by atoms with Crippen LogP contribution in [0.25, 0.3) is 5.69 Å². The molecule has 2 aromatic carbocycles. The van der Waals surface area contributed by atoms with Crippen molar-refractivity contribution in [2.75, 3.05) is 19.8 Å². The highest BCUT2D eigenvalue weighted by Crippen LogP contribution is 2.33. The number of hydrogen-bond donors (Lipinski definition) is 0. The van der Waals surface area contributed by atoms with Crippen molar-refractivity contribution in [1.82, 2.24) is 4.57 Å². The molecule has 37 heavy (non-hydrogen) atoms. The molecule has 0 atom stereocenters. The Kier molecular flexibility index (Phi) is 7.52. The van der Waals surface area contributed by atoms with E-state index in [2.05, 4.69) is 20.8 Å². The van der Waals surface area contributed by atoms with Gasteiger partial charge in [-0.05, 0) is 43.0 Å². The zero-order valence-corrected chi connectivity index (χ0v) is 22.1.